The van der Waals surface area contributed by atoms with E-state index in [1.807, 2.05) is 30.3 Å². The van der Waals surface area contributed by atoms with Gasteiger partial charge in [0.2, 0.25) is 10.0 Å². The molecule has 29 heavy (non-hydrogen) atoms. The lowest BCUT2D eigenvalue weighted by atomic mass is 10.1. The second-order valence-corrected chi connectivity index (χ2v) is 8.81. The van der Waals surface area contributed by atoms with Crippen LogP contribution in [-0.4, -0.2) is 45.4 Å². The van der Waals surface area contributed by atoms with Crippen LogP contribution in [0.3, 0.4) is 0 Å². The van der Waals surface area contributed by atoms with Crippen LogP contribution in [0, 0.1) is 5.92 Å². The molecule has 0 aliphatic heterocycles. The van der Waals surface area contributed by atoms with Gasteiger partial charge in [-0.25, -0.2) is 13.1 Å². The van der Waals surface area contributed by atoms with Crippen molar-refractivity contribution in [3.05, 3.63) is 65.7 Å². The summed E-state index contributed by atoms with van der Waals surface area (Å²) in [4.78, 5) is 26.2. The molecule has 0 unspecified atom stereocenters. The lowest BCUT2D eigenvalue weighted by molar-refractivity contribution is -0.141. The molecule has 3 rings (SSSR count). The first kappa shape index (κ1) is 21.0. The van der Waals surface area contributed by atoms with Crippen molar-refractivity contribution in [3.8, 4) is 0 Å². The normalized spacial score (nSPS) is 13.7. The summed E-state index contributed by atoms with van der Waals surface area (Å²) < 4.78 is 32.3. The van der Waals surface area contributed by atoms with E-state index in [-0.39, 0.29) is 23.5 Å². The highest BCUT2D eigenvalue weighted by molar-refractivity contribution is 7.89. The van der Waals surface area contributed by atoms with Gasteiger partial charge in [0.1, 0.15) is 6.54 Å². The predicted molar refractivity (Wildman–Crippen MR) is 108 cm³/mol. The Morgan fingerprint density at radius 2 is 1.83 bits per heavy atom. The molecule has 0 spiro atoms. The van der Waals surface area contributed by atoms with Crippen molar-refractivity contribution in [2.24, 2.45) is 5.92 Å². The quantitative estimate of drug-likeness (QED) is 0.633. The summed E-state index contributed by atoms with van der Waals surface area (Å²) in [5.41, 5.74) is 1.04. The minimum Gasteiger partial charge on any atom is -0.468 e. The van der Waals surface area contributed by atoms with Gasteiger partial charge in [-0.05, 0) is 42.5 Å². The van der Waals surface area contributed by atoms with Crippen molar-refractivity contribution in [1.29, 1.82) is 0 Å². The fourth-order valence-electron chi connectivity index (χ4n) is 2.84. The molecule has 1 N–H and O–H groups in total. The Kier molecular flexibility index (Phi) is 6.66. The number of nitrogens with zero attached hydrogens (tertiary/aromatic N) is 1. The number of methoxy groups -OCH3 is 1. The monoisotopic (exact) mass is 416 g/mol. The number of amides is 1. The number of hydrogen-bond acceptors (Lipinski definition) is 5. The summed E-state index contributed by atoms with van der Waals surface area (Å²) in [5, 5.41) is 0. The molecule has 0 aromatic heterocycles. The third-order valence-corrected chi connectivity index (χ3v) is 6.12. The van der Waals surface area contributed by atoms with Crippen LogP contribution in [0.5, 0.6) is 0 Å². The molecule has 0 heterocycles. The molecule has 154 valence electrons. The van der Waals surface area contributed by atoms with Crippen molar-refractivity contribution in [2.75, 3.05) is 20.2 Å². The van der Waals surface area contributed by atoms with Gasteiger partial charge in [0, 0.05) is 18.7 Å². The van der Waals surface area contributed by atoms with Crippen LogP contribution >= 0.6 is 0 Å². The van der Waals surface area contributed by atoms with E-state index in [1.165, 1.54) is 36.3 Å². The van der Waals surface area contributed by atoms with Gasteiger partial charge >= 0.3 is 5.97 Å². The number of ether oxygens (including phenoxy) is 1. The predicted octanol–water partition coefficient (Wildman–Crippen LogP) is 2.19. The second kappa shape index (κ2) is 9.19. The molecule has 8 heteroatoms. The summed E-state index contributed by atoms with van der Waals surface area (Å²) in [6, 6.07) is 15.1. The zero-order valence-corrected chi connectivity index (χ0v) is 17.0. The molecule has 1 aliphatic rings. The smallest absolute Gasteiger partial charge is 0.325 e. The van der Waals surface area contributed by atoms with E-state index in [1.54, 1.807) is 0 Å². The summed E-state index contributed by atoms with van der Waals surface area (Å²) in [6.07, 6.45) is 2.06. The topological polar surface area (TPSA) is 92.8 Å². The number of sulfonamides is 1. The van der Waals surface area contributed by atoms with Crippen LogP contribution in [0.2, 0.25) is 0 Å². The third kappa shape index (κ3) is 5.88. The Bertz CT molecular complexity index is 972. The Morgan fingerprint density at radius 1 is 1.10 bits per heavy atom. The number of benzene rings is 2. The standard InChI is InChI=1S/C21H24N2O5S/c1-28-20(24)15-23(14-17-6-3-2-4-7-17)21(25)18-8-5-9-19(12-18)29(26,27)22-13-16-10-11-16/h2-9,12,16,22H,10-11,13-15H2,1H3. The Labute approximate surface area is 170 Å². The first-order valence-electron chi connectivity index (χ1n) is 9.39. The molecule has 0 atom stereocenters. The SMILES string of the molecule is COC(=O)CN(Cc1ccccc1)C(=O)c1cccc(S(=O)(=O)NCC2CC2)c1. The third-order valence-electron chi connectivity index (χ3n) is 4.70. The van der Waals surface area contributed by atoms with E-state index in [0.717, 1.165) is 18.4 Å². The molecule has 0 bridgehead atoms. The van der Waals surface area contributed by atoms with Gasteiger partial charge in [-0.2, -0.15) is 0 Å². The van der Waals surface area contributed by atoms with Crippen LogP contribution in [-0.2, 0) is 26.1 Å². The lowest BCUT2D eigenvalue weighted by Crippen LogP contribution is -2.36. The highest BCUT2D eigenvalue weighted by atomic mass is 32.2. The molecule has 2 aromatic rings. The average molecular weight is 416 g/mol. The number of nitrogens with one attached hydrogen (secondary N) is 1. The number of carbonyl (C=O) groups is 2. The molecule has 2 aromatic carbocycles. The maximum absolute atomic E-state index is 13.1. The Hall–Kier alpha value is -2.71. The molecule has 0 radical (unpaired) electrons. The molecular weight excluding hydrogens is 392 g/mol. The van der Waals surface area contributed by atoms with E-state index < -0.39 is 21.9 Å². The summed E-state index contributed by atoms with van der Waals surface area (Å²) in [6.45, 7) is 0.371. The van der Waals surface area contributed by atoms with Gasteiger partial charge in [0.25, 0.3) is 5.91 Å². The number of rotatable bonds is 9. The first-order valence-corrected chi connectivity index (χ1v) is 10.9. The number of esters is 1. The minimum absolute atomic E-state index is 0.0294. The largest absolute Gasteiger partial charge is 0.468 e. The maximum atomic E-state index is 13.1. The van der Waals surface area contributed by atoms with Gasteiger partial charge in [0.15, 0.2) is 0 Å². The van der Waals surface area contributed by atoms with E-state index >= 15 is 0 Å². The van der Waals surface area contributed by atoms with E-state index in [0.29, 0.717) is 12.5 Å². The number of carbonyl (C=O) groups excluding carboxylic acids is 2. The zero-order chi connectivity index (χ0) is 20.9. The molecular formula is C21H24N2O5S. The van der Waals surface area contributed by atoms with Gasteiger partial charge in [-0.1, -0.05) is 36.4 Å². The molecule has 7 nitrogen and oxygen atoms in total. The maximum Gasteiger partial charge on any atom is 0.325 e. The molecule has 1 saturated carbocycles. The van der Waals surface area contributed by atoms with E-state index in [4.69, 9.17) is 4.74 Å². The molecule has 1 fully saturated rings. The van der Waals surface area contributed by atoms with Crippen molar-refractivity contribution in [3.63, 3.8) is 0 Å². The van der Waals surface area contributed by atoms with Gasteiger partial charge < -0.3 is 9.64 Å². The average Bonchev–Trinajstić information content (AvgIpc) is 3.57. The van der Waals surface area contributed by atoms with Gasteiger partial charge in [-0.15, -0.1) is 0 Å². The summed E-state index contributed by atoms with van der Waals surface area (Å²) >= 11 is 0. The summed E-state index contributed by atoms with van der Waals surface area (Å²) in [7, 11) is -2.44. The Morgan fingerprint density at radius 3 is 2.48 bits per heavy atom. The van der Waals surface area contributed by atoms with Crippen molar-refractivity contribution in [2.45, 2.75) is 24.3 Å². The number of hydrogen-bond donors (Lipinski definition) is 1. The van der Waals surface area contributed by atoms with Crippen LogP contribution in [0.1, 0.15) is 28.8 Å². The van der Waals surface area contributed by atoms with Crippen LogP contribution < -0.4 is 4.72 Å². The van der Waals surface area contributed by atoms with E-state index in [9.17, 15) is 18.0 Å². The van der Waals surface area contributed by atoms with Gasteiger partial charge in [0.05, 0.1) is 12.0 Å². The zero-order valence-electron chi connectivity index (χ0n) is 16.2. The lowest BCUT2D eigenvalue weighted by Gasteiger charge is -2.22. The van der Waals surface area contributed by atoms with Crippen LogP contribution in [0.15, 0.2) is 59.5 Å². The van der Waals surface area contributed by atoms with Crippen molar-refractivity contribution < 1.29 is 22.7 Å². The highest BCUT2D eigenvalue weighted by Crippen LogP contribution is 2.28. The highest BCUT2D eigenvalue weighted by Gasteiger charge is 2.25. The van der Waals surface area contributed by atoms with Crippen molar-refractivity contribution in [1.82, 2.24) is 9.62 Å². The second-order valence-electron chi connectivity index (χ2n) is 7.05. The first-order chi connectivity index (χ1) is 13.9. The minimum atomic E-state index is -3.70. The molecule has 1 aliphatic carbocycles. The van der Waals surface area contributed by atoms with Crippen molar-refractivity contribution >= 4 is 21.9 Å². The van der Waals surface area contributed by atoms with Gasteiger partial charge in [-0.3, -0.25) is 9.59 Å². The Balaban J connectivity index is 1.81. The molecule has 0 saturated heterocycles. The molecule has 1 amide bonds. The van der Waals surface area contributed by atoms with E-state index in [2.05, 4.69) is 4.72 Å². The summed E-state index contributed by atoms with van der Waals surface area (Å²) in [5.74, 6) is -0.598. The van der Waals surface area contributed by atoms with Crippen LogP contribution in [0.25, 0.3) is 0 Å². The fourth-order valence-corrected chi connectivity index (χ4v) is 4.00. The fraction of sp³-hybridized carbons (Fsp3) is 0.333. The van der Waals surface area contributed by atoms with Crippen LogP contribution in [0.4, 0.5) is 0 Å².